The van der Waals surface area contributed by atoms with Crippen molar-refractivity contribution < 1.29 is 4.39 Å². The van der Waals surface area contributed by atoms with Gasteiger partial charge in [-0.1, -0.05) is 0 Å². The van der Waals surface area contributed by atoms with E-state index in [-0.39, 0.29) is 11.1 Å². The Kier molecular flexibility index (Phi) is 2.17. The molecular formula is C8H3BrClFN2. The van der Waals surface area contributed by atoms with Gasteiger partial charge < -0.3 is 0 Å². The van der Waals surface area contributed by atoms with E-state index in [4.69, 9.17) is 11.6 Å². The number of rotatable bonds is 0. The first kappa shape index (κ1) is 8.84. The number of halogens is 3. The van der Waals surface area contributed by atoms with Gasteiger partial charge in [0.05, 0.1) is 5.52 Å². The van der Waals surface area contributed by atoms with E-state index in [1.807, 2.05) is 0 Å². The molecular weight excluding hydrogens is 258 g/mol. The number of aromatic nitrogens is 2. The Morgan fingerprint density at radius 1 is 1.38 bits per heavy atom. The Hall–Kier alpha value is -0.740. The highest BCUT2D eigenvalue weighted by atomic mass is 79.9. The summed E-state index contributed by atoms with van der Waals surface area (Å²) in [6.07, 6.45) is 1.48. The average Bonchev–Trinajstić information content (AvgIpc) is 2.06. The van der Waals surface area contributed by atoms with Crippen LogP contribution in [0.1, 0.15) is 0 Å². The molecule has 2 aromatic rings. The SMILES string of the molecule is Fc1cc(Br)c2nc(Cl)ncc2c1. The molecule has 0 amide bonds. The predicted molar refractivity (Wildman–Crippen MR) is 52.2 cm³/mol. The molecule has 2 nitrogen and oxygen atoms in total. The van der Waals surface area contributed by atoms with Crippen LogP contribution in [0.5, 0.6) is 0 Å². The third-order valence-corrected chi connectivity index (χ3v) is 2.36. The van der Waals surface area contributed by atoms with Crippen LogP contribution in [-0.2, 0) is 0 Å². The van der Waals surface area contributed by atoms with Crippen LogP contribution in [-0.4, -0.2) is 9.97 Å². The minimum absolute atomic E-state index is 0.153. The van der Waals surface area contributed by atoms with Crippen LogP contribution in [0.15, 0.2) is 22.8 Å². The first-order valence-electron chi connectivity index (χ1n) is 3.44. The molecule has 0 saturated heterocycles. The van der Waals surface area contributed by atoms with Crippen molar-refractivity contribution in [3.8, 4) is 0 Å². The Morgan fingerprint density at radius 3 is 2.92 bits per heavy atom. The lowest BCUT2D eigenvalue weighted by atomic mass is 10.2. The summed E-state index contributed by atoms with van der Waals surface area (Å²) in [6, 6.07) is 2.70. The van der Waals surface area contributed by atoms with E-state index >= 15 is 0 Å². The average molecular weight is 261 g/mol. The Balaban J connectivity index is 2.87. The lowest BCUT2D eigenvalue weighted by molar-refractivity contribution is 0.628. The molecule has 1 aromatic carbocycles. The lowest BCUT2D eigenvalue weighted by Crippen LogP contribution is -1.86. The highest BCUT2D eigenvalue weighted by molar-refractivity contribution is 9.10. The standard InChI is InChI=1S/C8H3BrClFN2/c9-6-2-5(11)1-4-3-12-8(10)13-7(4)6/h1-3H. The fourth-order valence-electron chi connectivity index (χ4n) is 1.05. The van der Waals surface area contributed by atoms with Crippen molar-refractivity contribution in [3.05, 3.63) is 33.9 Å². The first-order valence-corrected chi connectivity index (χ1v) is 4.61. The van der Waals surface area contributed by atoms with E-state index in [1.54, 1.807) is 0 Å². The highest BCUT2D eigenvalue weighted by Crippen LogP contribution is 2.23. The van der Waals surface area contributed by atoms with Crippen LogP contribution < -0.4 is 0 Å². The number of benzene rings is 1. The normalized spacial score (nSPS) is 10.7. The molecule has 5 heteroatoms. The van der Waals surface area contributed by atoms with Crippen LogP contribution in [0.25, 0.3) is 10.9 Å². The molecule has 0 N–H and O–H groups in total. The highest BCUT2D eigenvalue weighted by Gasteiger charge is 2.04. The molecule has 1 heterocycles. The summed E-state index contributed by atoms with van der Waals surface area (Å²) in [6.45, 7) is 0. The van der Waals surface area contributed by atoms with Crippen molar-refractivity contribution in [1.82, 2.24) is 9.97 Å². The molecule has 0 aliphatic carbocycles. The van der Waals surface area contributed by atoms with E-state index in [0.29, 0.717) is 15.4 Å². The fraction of sp³-hybridized carbons (Fsp3) is 0. The summed E-state index contributed by atoms with van der Waals surface area (Å²) in [5.41, 5.74) is 0.612. The van der Waals surface area contributed by atoms with Gasteiger partial charge in [-0.2, -0.15) is 0 Å². The van der Waals surface area contributed by atoms with E-state index < -0.39 is 0 Å². The third-order valence-electron chi connectivity index (χ3n) is 1.57. The molecule has 0 aliphatic rings. The molecule has 2 rings (SSSR count). The molecule has 13 heavy (non-hydrogen) atoms. The zero-order valence-electron chi connectivity index (χ0n) is 6.26. The van der Waals surface area contributed by atoms with Gasteiger partial charge in [0.25, 0.3) is 0 Å². The predicted octanol–water partition coefficient (Wildman–Crippen LogP) is 3.18. The Labute approximate surface area is 86.9 Å². The van der Waals surface area contributed by atoms with Gasteiger partial charge in [-0.25, -0.2) is 14.4 Å². The molecule has 0 bridgehead atoms. The van der Waals surface area contributed by atoms with Crippen molar-refractivity contribution in [2.45, 2.75) is 0 Å². The van der Waals surface area contributed by atoms with Crippen LogP contribution in [0, 0.1) is 5.82 Å². The number of hydrogen-bond acceptors (Lipinski definition) is 2. The van der Waals surface area contributed by atoms with E-state index in [9.17, 15) is 4.39 Å². The molecule has 1 aromatic heterocycles. The fourth-order valence-corrected chi connectivity index (χ4v) is 1.72. The monoisotopic (exact) mass is 260 g/mol. The molecule has 0 aliphatic heterocycles. The van der Waals surface area contributed by atoms with Gasteiger partial charge in [-0.15, -0.1) is 0 Å². The zero-order valence-corrected chi connectivity index (χ0v) is 8.60. The summed E-state index contributed by atoms with van der Waals surface area (Å²) in [7, 11) is 0. The van der Waals surface area contributed by atoms with Gasteiger partial charge in [-0.3, -0.25) is 0 Å². The van der Waals surface area contributed by atoms with Gasteiger partial charge in [0.15, 0.2) is 0 Å². The van der Waals surface area contributed by atoms with Crippen LogP contribution >= 0.6 is 27.5 Å². The summed E-state index contributed by atoms with van der Waals surface area (Å²) in [5.74, 6) is -0.328. The largest absolute Gasteiger partial charge is 0.226 e. The third kappa shape index (κ3) is 1.64. The van der Waals surface area contributed by atoms with Crippen molar-refractivity contribution in [2.24, 2.45) is 0 Å². The van der Waals surface area contributed by atoms with Crippen LogP contribution in [0.3, 0.4) is 0 Å². The minimum Gasteiger partial charge on any atom is -0.226 e. The zero-order chi connectivity index (χ0) is 9.42. The molecule has 0 saturated carbocycles. The summed E-state index contributed by atoms with van der Waals surface area (Å²) < 4.78 is 13.5. The number of nitrogens with zero attached hydrogens (tertiary/aromatic N) is 2. The summed E-state index contributed by atoms with van der Waals surface area (Å²) in [4.78, 5) is 7.71. The Morgan fingerprint density at radius 2 is 2.15 bits per heavy atom. The second-order valence-electron chi connectivity index (χ2n) is 2.46. The first-order chi connectivity index (χ1) is 6.16. The molecule has 66 valence electrons. The maximum absolute atomic E-state index is 12.9. The number of fused-ring (bicyclic) bond motifs is 1. The molecule has 0 atom stereocenters. The van der Waals surface area contributed by atoms with Crippen molar-refractivity contribution in [2.75, 3.05) is 0 Å². The topological polar surface area (TPSA) is 25.8 Å². The van der Waals surface area contributed by atoms with E-state index in [1.165, 1.54) is 18.3 Å². The van der Waals surface area contributed by atoms with Crippen LogP contribution in [0.4, 0.5) is 4.39 Å². The maximum atomic E-state index is 12.9. The lowest BCUT2D eigenvalue weighted by Gasteiger charge is -1.99. The van der Waals surface area contributed by atoms with Gasteiger partial charge >= 0.3 is 0 Å². The van der Waals surface area contributed by atoms with Crippen molar-refractivity contribution in [3.63, 3.8) is 0 Å². The quantitative estimate of drug-likeness (QED) is 0.681. The second kappa shape index (κ2) is 3.20. The Bertz CT molecular complexity index is 475. The molecule has 0 fully saturated rings. The smallest absolute Gasteiger partial charge is 0.222 e. The number of hydrogen-bond donors (Lipinski definition) is 0. The van der Waals surface area contributed by atoms with Crippen LogP contribution in [0.2, 0.25) is 5.28 Å². The summed E-state index contributed by atoms with van der Waals surface area (Å²) in [5, 5.41) is 0.774. The summed E-state index contributed by atoms with van der Waals surface area (Å²) >= 11 is 8.79. The van der Waals surface area contributed by atoms with E-state index in [0.717, 1.165) is 0 Å². The van der Waals surface area contributed by atoms with Gasteiger partial charge in [0.1, 0.15) is 5.82 Å². The van der Waals surface area contributed by atoms with Crippen molar-refractivity contribution in [1.29, 1.82) is 0 Å². The van der Waals surface area contributed by atoms with Gasteiger partial charge in [-0.05, 0) is 39.7 Å². The minimum atomic E-state index is -0.328. The molecule has 0 spiro atoms. The molecule has 0 unspecified atom stereocenters. The molecule has 0 radical (unpaired) electrons. The second-order valence-corrected chi connectivity index (χ2v) is 3.66. The van der Waals surface area contributed by atoms with Gasteiger partial charge in [0, 0.05) is 16.1 Å². The van der Waals surface area contributed by atoms with Crippen molar-refractivity contribution >= 4 is 38.4 Å². The van der Waals surface area contributed by atoms with Gasteiger partial charge in [0.2, 0.25) is 5.28 Å². The van der Waals surface area contributed by atoms with E-state index in [2.05, 4.69) is 25.9 Å². The maximum Gasteiger partial charge on any atom is 0.222 e.